The van der Waals surface area contributed by atoms with E-state index in [2.05, 4.69) is 5.32 Å². The number of nitrogens with zero attached hydrogens (tertiary/aromatic N) is 1. The fraction of sp³-hybridized carbons (Fsp3) is 0.571. The van der Waals surface area contributed by atoms with Crippen LogP contribution in [0.2, 0.25) is 5.02 Å². The summed E-state index contributed by atoms with van der Waals surface area (Å²) in [5, 5.41) is 3.10. The Hall–Kier alpha value is -0.540. The van der Waals surface area contributed by atoms with Gasteiger partial charge in [0.05, 0.1) is 10.5 Å². The Labute approximate surface area is 149 Å². The van der Waals surface area contributed by atoms with Crippen LogP contribution in [0.25, 0.3) is 0 Å². The normalized spacial score (nSPS) is 25.2. The number of alkyl halides is 3. The van der Waals surface area contributed by atoms with Crippen molar-refractivity contribution in [2.45, 2.75) is 42.4 Å². The second-order valence-corrected chi connectivity index (χ2v) is 8.34. The molecule has 136 valence electrons. The molecular formula is C14H17Cl2F3N2O2S. The maximum atomic E-state index is 12.9. The number of halogens is 5. The van der Waals surface area contributed by atoms with Gasteiger partial charge in [0.15, 0.2) is 0 Å². The van der Waals surface area contributed by atoms with Crippen molar-refractivity contribution in [3.8, 4) is 0 Å². The van der Waals surface area contributed by atoms with E-state index in [4.69, 9.17) is 11.6 Å². The highest BCUT2D eigenvalue weighted by Crippen LogP contribution is 2.34. The summed E-state index contributed by atoms with van der Waals surface area (Å²) in [4.78, 5) is -0.407. The molecule has 0 amide bonds. The van der Waals surface area contributed by atoms with Crippen molar-refractivity contribution in [2.75, 3.05) is 13.1 Å². The zero-order chi connectivity index (χ0) is 16.8. The van der Waals surface area contributed by atoms with Crippen LogP contribution < -0.4 is 5.32 Å². The quantitative estimate of drug-likeness (QED) is 0.822. The molecule has 2 atom stereocenters. The molecule has 3 rings (SSSR count). The van der Waals surface area contributed by atoms with Crippen LogP contribution in [0.5, 0.6) is 0 Å². The Bertz CT molecular complexity index is 712. The van der Waals surface area contributed by atoms with E-state index < -0.39 is 26.7 Å². The van der Waals surface area contributed by atoms with Crippen LogP contribution in [0.15, 0.2) is 23.1 Å². The molecule has 24 heavy (non-hydrogen) atoms. The summed E-state index contributed by atoms with van der Waals surface area (Å²) in [7, 11) is -4.00. The smallest absolute Gasteiger partial charge is 0.310 e. The standard InChI is InChI=1S/C14H16ClF3N2O2S.ClH/c15-10-5-9(14(16,17)18)6-13(7-10)23(21,22)20-4-3-11-1-2-12(8-20)19-11;/h5-7,11-12,19H,1-4,8H2;1H. The van der Waals surface area contributed by atoms with Crippen molar-refractivity contribution in [1.82, 2.24) is 9.62 Å². The minimum absolute atomic E-state index is 0. The van der Waals surface area contributed by atoms with Gasteiger partial charge in [0.25, 0.3) is 0 Å². The molecule has 2 aliphatic heterocycles. The van der Waals surface area contributed by atoms with Gasteiger partial charge in [-0.15, -0.1) is 12.4 Å². The summed E-state index contributed by atoms with van der Waals surface area (Å²) >= 11 is 5.70. The Morgan fingerprint density at radius 3 is 2.46 bits per heavy atom. The van der Waals surface area contributed by atoms with Gasteiger partial charge in [0, 0.05) is 30.2 Å². The van der Waals surface area contributed by atoms with E-state index in [-0.39, 0.29) is 36.1 Å². The average Bonchev–Trinajstić information content (AvgIpc) is 2.76. The fourth-order valence-electron chi connectivity index (χ4n) is 3.15. The summed E-state index contributed by atoms with van der Waals surface area (Å²) < 4.78 is 65.4. The Morgan fingerprint density at radius 1 is 1.12 bits per heavy atom. The zero-order valence-corrected chi connectivity index (χ0v) is 14.9. The predicted octanol–water partition coefficient (Wildman–Crippen LogP) is 3.30. The molecule has 2 aliphatic rings. The van der Waals surface area contributed by atoms with E-state index in [9.17, 15) is 21.6 Å². The van der Waals surface area contributed by atoms with Crippen molar-refractivity contribution in [2.24, 2.45) is 0 Å². The third-order valence-corrected chi connectivity index (χ3v) is 6.38. The minimum atomic E-state index is -4.64. The topological polar surface area (TPSA) is 49.4 Å². The van der Waals surface area contributed by atoms with Gasteiger partial charge in [0.2, 0.25) is 10.0 Å². The van der Waals surface area contributed by atoms with Gasteiger partial charge in [-0.3, -0.25) is 0 Å². The first-order valence-corrected chi connectivity index (χ1v) is 9.12. The SMILES string of the molecule is Cl.O=S(=O)(c1cc(Cl)cc(C(F)(F)F)c1)N1CCC2CCC(C1)N2. The molecule has 2 fully saturated rings. The third kappa shape index (κ3) is 3.99. The molecule has 2 unspecified atom stereocenters. The molecule has 2 bridgehead atoms. The van der Waals surface area contributed by atoms with Crippen molar-refractivity contribution >= 4 is 34.0 Å². The summed E-state index contributed by atoms with van der Waals surface area (Å²) in [6.45, 7) is 0.567. The molecule has 0 aromatic heterocycles. The van der Waals surface area contributed by atoms with E-state index in [1.54, 1.807) is 0 Å². The zero-order valence-electron chi connectivity index (χ0n) is 12.5. The minimum Gasteiger partial charge on any atom is -0.310 e. The molecule has 2 saturated heterocycles. The molecule has 0 aliphatic carbocycles. The lowest BCUT2D eigenvalue weighted by Crippen LogP contribution is -2.39. The maximum Gasteiger partial charge on any atom is 0.416 e. The lowest BCUT2D eigenvalue weighted by molar-refractivity contribution is -0.137. The molecule has 0 spiro atoms. The Balaban J connectivity index is 0.00000208. The van der Waals surface area contributed by atoms with Gasteiger partial charge in [-0.2, -0.15) is 17.5 Å². The van der Waals surface area contributed by atoms with Crippen LogP contribution in [0.3, 0.4) is 0 Å². The van der Waals surface area contributed by atoms with Gasteiger partial charge < -0.3 is 5.32 Å². The summed E-state index contributed by atoms with van der Waals surface area (Å²) in [5.74, 6) is 0. The first-order valence-electron chi connectivity index (χ1n) is 7.30. The molecule has 4 nitrogen and oxygen atoms in total. The van der Waals surface area contributed by atoms with Crippen molar-refractivity contribution in [3.63, 3.8) is 0 Å². The van der Waals surface area contributed by atoms with Crippen LogP contribution in [-0.4, -0.2) is 37.9 Å². The number of benzene rings is 1. The van der Waals surface area contributed by atoms with E-state index in [1.807, 2.05) is 0 Å². The summed E-state index contributed by atoms with van der Waals surface area (Å²) in [6.07, 6.45) is -2.11. The molecule has 2 heterocycles. The number of hydrogen-bond acceptors (Lipinski definition) is 3. The molecular weight excluding hydrogens is 388 g/mol. The van der Waals surface area contributed by atoms with E-state index in [0.29, 0.717) is 19.0 Å². The number of hydrogen-bond donors (Lipinski definition) is 1. The Kier molecular flexibility index (Phi) is 5.76. The molecule has 1 aromatic carbocycles. The number of rotatable bonds is 2. The molecule has 0 radical (unpaired) electrons. The summed E-state index contributed by atoms with van der Waals surface area (Å²) in [6, 6.07) is 2.79. The fourth-order valence-corrected chi connectivity index (χ4v) is 5.03. The molecule has 10 heteroatoms. The van der Waals surface area contributed by atoms with Crippen molar-refractivity contribution in [3.05, 3.63) is 28.8 Å². The first kappa shape index (κ1) is 19.8. The highest BCUT2D eigenvalue weighted by molar-refractivity contribution is 7.89. The first-order chi connectivity index (χ1) is 10.7. The Morgan fingerprint density at radius 2 is 1.79 bits per heavy atom. The number of sulfonamides is 1. The van der Waals surface area contributed by atoms with Crippen LogP contribution >= 0.6 is 24.0 Å². The predicted molar refractivity (Wildman–Crippen MR) is 87.0 cm³/mol. The van der Waals surface area contributed by atoms with Gasteiger partial charge >= 0.3 is 6.18 Å². The monoisotopic (exact) mass is 404 g/mol. The summed E-state index contributed by atoms with van der Waals surface area (Å²) in [5.41, 5.74) is -1.06. The number of fused-ring (bicyclic) bond motifs is 2. The van der Waals surface area contributed by atoms with Crippen LogP contribution in [0.1, 0.15) is 24.8 Å². The van der Waals surface area contributed by atoms with Crippen LogP contribution in [-0.2, 0) is 16.2 Å². The van der Waals surface area contributed by atoms with Gasteiger partial charge in [-0.1, -0.05) is 11.6 Å². The molecule has 1 aromatic rings. The second-order valence-electron chi connectivity index (χ2n) is 5.96. The van der Waals surface area contributed by atoms with Crippen molar-refractivity contribution in [1.29, 1.82) is 0 Å². The molecule has 0 saturated carbocycles. The van der Waals surface area contributed by atoms with E-state index in [0.717, 1.165) is 25.0 Å². The van der Waals surface area contributed by atoms with E-state index in [1.165, 1.54) is 4.31 Å². The average molecular weight is 405 g/mol. The molecule has 1 N–H and O–H groups in total. The highest BCUT2D eigenvalue weighted by Gasteiger charge is 2.37. The third-order valence-electron chi connectivity index (χ3n) is 4.32. The van der Waals surface area contributed by atoms with E-state index >= 15 is 0 Å². The van der Waals surface area contributed by atoms with Crippen molar-refractivity contribution < 1.29 is 21.6 Å². The van der Waals surface area contributed by atoms with Gasteiger partial charge in [-0.25, -0.2) is 8.42 Å². The van der Waals surface area contributed by atoms with Crippen LogP contribution in [0.4, 0.5) is 13.2 Å². The highest BCUT2D eigenvalue weighted by atomic mass is 35.5. The van der Waals surface area contributed by atoms with Crippen LogP contribution in [0, 0.1) is 0 Å². The number of nitrogens with one attached hydrogen (secondary N) is 1. The maximum absolute atomic E-state index is 12.9. The second kappa shape index (κ2) is 6.99. The lowest BCUT2D eigenvalue weighted by Gasteiger charge is -2.24. The largest absolute Gasteiger partial charge is 0.416 e. The lowest BCUT2D eigenvalue weighted by atomic mass is 10.1. The van der Waals surface area contributed by atoms with Gasteiger partial charge in [0.1, 0.15) is 0 Å². The van der Waals surface area contributed by atoms with Gasteiger partial charge in [-0.05, 0) is 37.5 Å².